The van der Waals surface area contributed by atoms with Gasteiger partial charge in [-0.05, 0) is 18.2 Å². The number of benzene rings is 1. The number of nitrogens with one attached hydrogen (secondary N) is 1. The van der Waals surface area contributed by atoms with Crippen molar-refractivity contribution in [3.8, 4) is 0 Å². The third kappa shape index (κ3) is 4.59. The second-order valence-corrected chi connectivity index (χ2v) is 8.56. The van der Waals surface area contributed by atoms with E-state index in [-0.39, 0.29) is 16.6 Å². The molecule has 1 aromatic carbocycles. The lowest BCUT2D eigenvalue weighted by atomic mass is 10.3. The van der Waals surface area contributed by atoms with E-state index in [0.717, 1.165) is 16.6 Å². The minimum Gasteiger partial charge on any atom is -0.325 e. The van der Waals surface area contributed by atoms with Gasteiger partial charge in [0.15, 0.2) is 5.16 Å². The molecule has 8 nitrogen and oxygen atoms in total. The molecule has 2 rings (SSSR count). The van der Waals surface area contributed by atoms with Crippen LogP contribution in [0.15, 0.2) is 34.3 Å². The number of rotatable bonds is 7. The number of anilines is 1. The highest BCUT2D eigenvalue weighted by Crippen LogP contribution is 2.19. The maximum atomic E-state index is 12.1. The van der Waals surface area contributed by atoms with E-state index in [1.807, 2.05) is 18.5 Å². The Morgan fingerprint density at radius 3 is 2.64 bits per heavy atom. The summed E-state index contributed by atoms with van der Waals surface area (Å²) in [6.45, 7) is 1.99. The molecule has 0 atom stereocenters. The maximum absolute atomic E-state index is 12.1. The van der Waals surface area contributed by atoms with Gasteiger partial charge in [-0.15, -0.1) is 10.2 Å². The maximum Gasteiger partial charge on any atom is 0.242 e. The van der Waals surface area contributed by atoms with E-state index >= 15 is 0 Å². The van der Waals surface area contributed by atoms with Crippen molar-refractivity contribution in [1.82, 2.24) is 19.1 Å². The number of thioether (sulfide) groups is 1. The summed E-state index contributed by atoms with van der Waals surface area (Å²) in [7, 11) is 1.24. The third-order valence-corrected chi connectivity index (χ3v) is 6.30. The van der Waals surface area contributed by atoms with E-state index in [2.05, 4.69) is 15.5 Å². The Labute approximate surface area is 151 Å². The molecule has 0 unspecified atom stereocenters. The average molecular weight is 383 g/mol. The number of amides is 1. The first kappa shape index (κ1) is 19.4. The van der Waals surface area contributed by atoms with Crippen LogP contribution in [0.25, 0.3) is 0 Å². The third-order valence-electron chi connectivity index (χ3n) is 3.47. The Kier molecular flexibility index (Phi) is 6.20. The fourth-order valence-electron chi connectivity index (χ4n) is 2.05. The molecular weight excluding hydrogens is 362 g/mol. The van der Waals surface area contributed by atoms with Gasteiger partial charge >= 0.3 is 0 Å². The van der Waals surface area contributed by atoms with Crippen LogP contribution in [-0.4, -0.2) is 53.2 Å². The van der Waals surface area contributed by atoms with Gasteiger partial charge in [-0.3, -0.25) is 4.79 Å². The summed E-state index contributed by atoms with van der Waals surface area (Å²) >= 11 is 1.28. The van der Waals surface area contributed by atoms with Crippen LogP contribution in [0.5, 0.6) is 0 Å². The molecule has 0 saturated carbocycles. The average Bonchev–Trinajstić information content (AvgIpc) is 2.93. The zero-order valence-electron chi connectivity index (χ0n) is 14.6. The second kappa shape index (κ2) is 7.98. The van der Waals surface area contributed by atoms with Crippen molar-refractivity contribution in [3.05, 3.63) is 30.1 Å². The van der Waals surface area contributed by atoms with Crippen LogP contribution < -0.4 is 5.32 Å². The van der Waals surface area contributed by atoms with Crippen LogP contribution in [0.3, 0.4) is 0 Å². The van der Waals surface area contributed by atoms with Crippen molar-refractivity contribution >= 4 is 33.4 Å². The van der Waals surface area contributed by atoms with Crippen LogP contribution in [0.4, 0.5) is 5.69 Å². The van der Waals surface area contributed by atoms with Gasteiger partial charge in [-0.1, -0.05) is 24.8 Å². The van der Waals surface area contributed by atoms with Crippen LogP contribution in [0, 0.1) is 0 Å². The van der Waals surface area contributed by atoms with E-state index < -0.39 is 10.0 Å². The summed E-state index contributed by atoms with van der Waals surface area (Å²) in [6.07, 6.45) is 0.767. The number of carbonyl (C=O) groups excluding carboxylic acids is 1. The molecule has 25 heavy (non-hydrogen) atoms. The van der Waals surface area contributed by atoms with Crippen molar-refractivity contribution < 1.29 is 13.2 Å². The number of nitrogens with zero attached hydrogens (tertiary/aromatic N) is 4. The molecule has 0 aliphatic carbocycles. The molecule has 136 valence electrons. The van der Waals surface area contributed by atoms with Crippen LogP contribution >= 0.6 is 11.8 Å². The summed E-state index contributed by atoms with van der Waals surface area (Å²) in [5.74, 6) is 0.760. The second-order valence-electron chi connectivity index (χ2n) is 5.46. The lowest BCUT2D eigenvalue weighted by Crippen LogP contribution is -2.22. The first-order valence-corrected chi connectivity index (χ1v) is 10.0. The number of carbonyl (C=O) groups is 1. The molecule has 1 heterocycles. The monoisotopic (exact) mass is 383 g/mol. The fraction of sp³-hybridized carbons (Fsp3) is 0.400. The molecule has 1 amide bonds. The predicted molar refractivity (Wildman–Crippen MR) is 97.0 cm³/mol. The Bertz CT molecular complexity index is 862. The van der Waals surface area contributed by atoms with Gasteiger partial charge in [0, 0.05) is 33.3 Å². The number of aryl methyl sites for hydroxylation is 1. The van der Waals surface area contributed by atoms with Crippen molar-refractivity contribution in [3.63, 3.8) is 0 Å². The smallest absolute Gasteiger partial charge is 0.242 e. The molecule has 1 N–H and O–H groups in total. The van der Waals surface area contributed by atoms with E-state index in [1.54, 1.807) is 12.1 Å². The molecule has 0 aliphatic heterocycles. The van der Waals surface area contributed by atoms with Crippen LogP contribution in [0.1, 0.15) is 12.7 Å². The number of hydrogen-bond acceptors (Lipinski definition) is 6. The summed E-state index contributed by atoms with van der Waals surface area (Å²) in [4.78, 5) is 12.2. The minimum absolute atomic E-state index is 0.129. The minimum atomic E-state index is -3.54. The highest BCUT2D eigenvalue weighted by Gasteiger charge is 2.18. The summed E-state index contributed by atoms with van der Waals surface area (Å²) in [5, 5.41) is 11.4. The van der Waals surface area contributed by atoms with Gasteiger partial charge in [-0.25, -0.2) is 12.7 Å². The Morgan fingerprint density at radius 2 is 2.04 bits per heavy atom. The quantitative estimate of drug-likeness (QED) is 0.725. The topological polar surface area (TPSA) is 97.2 Å². The van der Waals surface area contributed by atoms with E-state index in [1.165, 1.54) is 38.0 Å². The number of hydrogen-bond donors (Lipinski definition) is 1. The molecule has 0 bridgehead atoms. The van der Waals surface area contributed by atoms with E-state index in [4.69, 9.17) is 0 Å². The highest BCUT2D eigenvalue weighted by atomic mass is 32.2. The molecule has 0 spiro atoms. The normalized spacial score (nSPS) is 11.7. The van der Waals surface area contributed by atoms with Gasteiger partial charge < -0.3 is 9.88 Å². The Hall–Kier alpha value is -1.91. The zero-order valence-corrected chi connectivity index (χ0v) is 16.2. The molecule has 2 aromatic rings. The summed E-state index contributed by atoms with van der Waals surface area (Å²) in [5.41, 5.74) is 0.431. The molecule has 0 fully saturated rings. The van der Waals surface area contributed by atoms with Crippen LogP contribution in [-0.2, 0) is 28.3 Å². The standard InChI is InChI=1S/C15H21N5O3S2/c1-5-13-17-18-15(20(13)4)24-10-14(21)16-11-7-6-8-12(9-11)25(22,23)19(2)3/h6-9H,5,10H2,1-4H3,(H,16,21). The van der Waals surface area contributed by atoms with E-state index in [0.29, 0.717) is 10.8 Å². The molecule has 10 heteroatoms. The van der Waals surface area contributed by atoms with E-state index in [9.17, 15) is 13.2 Å². The first-order valence-electron chi connectivity index (χ1n) is 7.59. The SMILES string of the molecule is CCc1nnc(SCC(=O)Nc2cccc(S(=O)(=O)N(C)C)c2)n1C. The first-order chi connectivity index (χ1) is 11.8. The van der Waals surface area contributed by atoms with Crippen molar-refractivity contribution in [2.75, 3.05) is 25.2 Å². The van der Waals surface area contributed by atoms with Gasteiger partial charge in [0.2, 0.25) is 15.9 Å². The number of sulfonamides is 1. The molecule has 0 radical (unpaired) electrons. The lowest BCUT2D eigenvalue weighted by molar-refractivity contribution is -0.113. The highest BCUT2D eigenvalue weighted by molar-refractivity contribution is 7.99. The predicted octanol–water partition coefficient (Wildman–Crippen LogP) is 1.36. The summed E-state index contributed by atoms with van der Waals surface area (Å²) < 4.78 is 27.3. The Balaban J connectivity index is 2.02. The molecule has 1 aromatic heterocycles. The number of aromatic nitrogens is 3. The Morgan fingerprint density at radius 1 is 1.32 bits per heavy atom. The van der Waals surface area contributed by atoms with Crippen molar-refractivity contribution in [1.29, 1.82) is 0 Å². The van der Waals surface area contributed by atoms with Gasteiger partial charge in [0.1, 0.15) is 5.82 Å². The van der Waals surface area contributed by atoms with Gasteiger partial charge in [0.25, 0.3) is 0 Å². The summed E-state index contributed by atoms with van der Waals surface area (Å²) in [6, 6.07) is 6.17. The largest absolute Gasteiger partial charge is 0.325 e. The molecule has 0 aliphatic rings. The molecular formula is C15H21N5O3S2. The van der Waals surface area contributed by atoms with Crippen LogP contribution in [0.2, 0.25) is 0 Å². The van der Waals surface area contributed by atoms with Gasteiger partial charge in [0.05, 0.1) is 10.6 Å². The lowest BCUT2D eigenvalue weighted by Gasteiger charge is -2.12. The van der Waals surface area contributed by atoms with Gasteiger partial charge in [-0.2, -0.15) is 0 Å². The van der Waals surface area contributed by atoms with Crippen molar-refractivity contribution in [2.24, 2.45) is 7.05 Å². The zero-order chi connectivity index (χ0) is 18.6. The molecule has 0 saturated heterocycles. The fourth-order valence-corrected chi connectivity index (χ4v) is 3.73. The van der Waals surface area contributed by atoms with Crippen molar-refractivity contribution in [2.45, 2.75) is 23.4 Å².